The summed E-state index contributed by atoms with van der Waals surface area (Å²) in [6.45, 7) is -0.0937. The Labute approximate surface area is 73.7 Å². The number of aromatic nitrogens is 1. The summed E-state index contributed by atoms with van der Waals surface area (Å²) in [6.07, 6.45) is -1.57. The Morgan fingerprint density at radius 2 is 2.00 bits per heavy atom. The van der Waals surface area contributed by atoms with Crippen LogP contribution in [0.2, 0.25) is 0 Å². The van der Waals surface area contributed by atoms with Crippen LogP contribution in [0, 0.1) is 0 Å². The van der Waals surface area contributed by atoms with Crippen LogP contribution in [-0.4, -0.2) is 4.98 Å². The van der Waals surface area contributed by atoms with E-state index in [1.807, 2.05) is 0 Å². The van der Waals surface area contributed by atoms with Crippen LogP contribution in [0.25, 0.3) is 0 Å². The molecule has 0 atom stereocenters. The second-order valence-electron chi connectivity index (χ2n) is 2.50. The van der Waals surface area contributed by atoms with Gasteiger partial charge in [0.1, 0.15) is 5.82 Å². The normalized spacial score (nSPS) is 10.8. The van der Waals surface area contributed by atoms with E-state index in [9.17, 15) is 8.78 Å². The van der Waals surface area contributed by atoms with E-state index in [1.54, 1.807) is 0 Å². The van der Waals surface area contributed by atoms with Crippen LogP contribution < -0.4 is 17.2 Å². The van der Waals surface area contributed by atoms with Crippen molar-refractivity contribution < 1.29 is 8.78 Å². The summed E-state index contributed by atoms with van der Waals surface area (Å²) in [7, 11) is 0. The molecule has 0 amide bonds. The predicted octanol–water partition coefficient (Wildman–Crippen LogP) is 0.642. The molecule has 1 heterocycles. The highest BCUT2D eigenvalue weighted by atomic mass is 19.3. The second-order valence-corrected chi connectivity index (χ2v) is 2.50. The van der Waals surface area contributed by atoms with Crippen molar-refractivity contribution in [3.8, 4) is 0 Å². The van der Waals surface area contributed by atoms with Crippen LogP contribution in [-0.2, 0) is 6.54 Å². The fourth-order valence-electron chi connectivity index (χ4n) is 1.07. The highest BCUT2D eigenvalue weighted by Crippen LogP contribution is 2.30. The minimum atomic E-state index is -2.68. The lowest BCUT2D eigenvalue weighted by Crippen LogP contribution is -2.10. The Morgan fingerprint density at radius 3 is 2.38 bits per heavy atom. The quantitative estimate of drug-likeness (QED) is 0.635. The Balaban J connectivity index is 3.35. The average molecular weight is 188 g/mol. The first-order valence-electron chi connectivity index (χ1n) is 3.58. The van der Waals surface area contributed by atoms with E-state index in [0.29, 0.717) is 0 Å². The van der Waals surface area contributed by atoms with Crippen molar-refractivity contribution in [2.45, 2.75) is 13.0 Å². The summed E-state index contributed by atoms with van der Waals surface area (Å²) in [6, 6.07) is 0. The summed E-state index contributed by atoms with van der Waals surface area (Å²) in [5.41, 5.74) is 15.7. The number of hydrogen-bond donors (Lipinski definition) is 3. The number of hydrogen-bond acceptors (Lipinski definition) is 4. The molecule has 6 N–H and O–H groups in total. The lowest BCUT2D eigenvalue weighted by molar-refractivity contribution is 0.151. The van der Waals surface area contributed by atoms with Gasteiger partial charge in [-0.05, 0) is 0 Å². The topological polar surface area (TPSA) is 91.0 Å². The monoisotopic (exact) mass is 188 g/mol. The van der Waals surface area contributed by atoms with Crippen molar-refractivity contribution in [3.63, 3.8) is 0 Å². The predicted molar refractivity (Wildman–Crippen MR) is 45.9 cm³/mol. The SMILES string of the molecule is NCc1c(N)ncc(N)c1C(F)F. The van der Waals surface area contributed by atoms with E-state index in [0.717, 1.165) is 6.20 Å². The third-order valence-corrected chi connectivity index (χ3v) is 1.71. The molecule has 1 rings (SSSR count). The zero-order chi connectivity index (χ0) is 10.0. The number of halogens is 2. The molecule has 72 valence electrons. The van der Waals surface area contributed by atoms with E-state index in [4.69, 9.17) is 17.2 Å². The first kappa shape index (κ1) is 9.66. The summed E-state index contributed by atoms with van der Waals surface area (Å²) in [4.78, 5) is 3.63. The molecule has 1 aromatic rings. The van der Waals surface area contributed by atoms with Crippen LogP contribution in [0.15, 0.2) is 6.20 Å². The first-order chi connectivity index (χ1) is 6.07. The van der Waals surface area contributed by atoms with Gasteiger partial charge >= 0.3 is 0 Å². The van der Waals surface area contributed by atoms with Crippen LogP contribution in [0.3, 0.4) is 0 Å². The van der Waals surface area contributed by atoms with Crippen molar-refractivity contribution in [1.29, 1.82) is 0 Å². The molecule has 0 aromatic carbocycles. The van der Waals surface area contributed by atoms with Crippen molar-refractivity contribution in [2.75, 3.05) is 11.5 Å². The Morgan fingerprint density at radius 1 is 1.38 bits per heavy atom. The molecule has 0 radical (unpaired) electrons. The van der Waals surface area contributed by atoms with Gasteiger partial charge in [0.05, 0.1) is 17.4 Å². The highest BCUT2D eigenvalue weighted by Gasteiger charge is 2.18. The number of nitrogens with zero attached hydrogens (tertiary/aromatic N) is 1. The van der Waals surface area contributed by atoms with E-state index in [2.05, 4.69) is 4.98 Å². The molecule has 0 aliphatic carbocycles. The molecule has 0 unspecified atom stereocenters. The summed E-state index contributed by atoms with van der Waals surface area (Å²) >= 11 is 0. The zero-order valence-corrected chi connectivity index (χ0v) is 6.80. The van der Waals surface area contributed by atoms with Crippen molar-refractivity contribution in [3.05, 3.63) is 17.3 Å². The highest BCUT2D eigenvalue weighted by molar-refractivity contribution is 5.57. The molecule has 4 nitrogen and oxygen atoms in total. The van der Waals surface area contributed by atoms with Gasteiger partial charge in [-0.2, -0.15) is 0 Å². The lowest BCUT2D eigenvalue weighted by atomic mass is 10.1. The average Bonchev–Trinajstić information content (AvgIpc) is 2.07. The first-order valence-corrected chi connectivity index (χ1v) is 3.58. The van der Waals surface area contributed by atoms with Crippen LogP contribution >= 0.6 is 0 Å². The molecule has 6 heteroatoms. The molecule has 0 aliphatic rings. The molecule has 0 spiro atoms. The Hall–Kier alpha value is -1.43. The van der Waals surface area contributed by atoms with Crippen molar-refractivity contribution >= 4 is 11.5 Å². The van der Waals surface area contributed by atoms with Gasteiger partial charge in [-0.15, -0.1) is 0 Å². The van der Waals surface area contributed by atoms with Gasteiger partial charge in [0, 0.05) is 12.1 Å². The van der Waals surface area contributed by atoms with E-state index < -0.39 is 6.43 Å². The number of nitrogens with two attached hydrogens (primary N) is 3. The largest absolute Gasteiger partial charge is 0.397 e. The maximum absolute atomic E-state index is 12.4. The Kier molecular flexibility index (Phi) is 2.62. The molecule has 0 bridgehead atoms. The molecule has 1 aromatic heterocycles. The number of alkyl halides is 2. The van der Waals surface area contributed by atoms with E-state index >= 15 is 0 Å². The van der Waals surface area contributed by atoms with Gasteiger partial charge in [-0.1, -0.05) is 0 Å². The van der Waals surface area contributed by atoms with Crippen molar-refractivity contribution in [1.82, 2.24) is 4.98 Å². The van der Waals surface area contributed by atoms with Gasteiger partial charge in [-0.3, -0.25) is 0 Å². The standard InChI is InChI=1S/C7H10F2N4/c8-6(9)5-3(1-10)7(12)13-2-4(5)11/h2,6H,1,10-11H2,(H2,12,13). The smallest absolute Gasteiger partial charge is 0.266 e. The van der Waals surface area contributed by atoms with Crippen LogP contribution in [0.4, 0.5) is 20.3 Å². The fourth-order valence-corrected chi connectivity index (χ4v) is 1.07. The second kappa shape index (κ2) is 3.53. The molecular weight excluding hydrogens is 178 g/mol. The van der Waals surface area contributed by atoms with Gasteiger partial charge in [-0.25, -0.2) is 13.8 Å². The van der Waals surface area contributed by atoms with Gasteiger partial charge in [0.25, 0.3) is 6.43 Å². The van der Waals surface area contributed by atoms with Crippen LogP contribution in [0.1, 0.15) is 17.6 Å². The van der Waals surface area contributed by atoms with E-state index in [1.165, 1.54) is 0 Å². The summed E-state index contributed by atoms with van der Waals surface area (Å²) < 4.78 is 24.9. The molecule has 0 aliphatic heterocycles. The molecule has 0 saturated carbocycles. The summed E-state index contributed by atoms with van der Waals surface area (Å²) in [5, 5.41) is 0. The zero-order valence-electron chi connectivity index (χ0n) is 6.80. The number of anilines is 2. The van der Waals surface area contributed by atoms with Crippen molar-refractivity contribution in [2.24, 2.45) is 5.73 Å². The molecule has 13 heavy (non-hydrogen) atoms. The minimum Gasteiger partial charge on any atom is -0.397 e. The molecular formula is C7H10F2N4. The maximum Gasteiger partial charge on any atom is 0.266 e. The van der Waals surface area contributed by atoms with Gasteiger partial charge < -0.3 is 17.2 Å². The maximum atomic E-state index is 12.4. The lowest BCUT2D eigenvalue weighted by Gasteiger charge is -2.11. The number of pyridine rings is 1. The number of nitrogen functional groups attached to an aromatic ring is 2. The van der Waals surface area contributed by atoms with E-state index in [-0.39, 0.29) is 29.2 Å². The van der Waals surface area contributed by atoms with Crippen LogP contribution in [0.5, 0.6) is 0 Å². The minimum absolute atomic E-state index is 0.00648. The fraction of sp³-hybridized carbons (Fsp3) is 0.286. The third-order valence-electron chi connectivity index (χ3n) is 1.71. The van der Waals surface area contributed by atoms with Gasteiger partial charge in [0.2, 0.25) is 0 Å². The third kappa shape index (κ3) is 1.67. The molecule has 0 saturated heterocycles. The van der Waals surface area contributed by atoms with Gasteiger partial charge in [0.15, 0.2) is 0 Å². The summed E-state index contributed by atoms with van der Waals surface area (Å²) in [5.74, 6) is 0.00648. The molecule has 0 fully saturated rings. The number of rotatable bonds is 2. The Bertz CT molecular complexity index is 314.